The monoisotopic (exact) mass is 344 g/mol. The summed E-state index contributed by atoms with van der Waals surface area (Å²) in [6, 6.07) is 6.77. The molecule has 0 atom stereocenters. The number of carboxylic acids is 1. The summed E-state index contributed by atoms with van der Waals surface area (Å²) < 4.78 is 6.37. The van der Waals surface area contributed by atoms with Gasteiger partial charge in [0.15, 0.2) is 0 Å². The van der Waals surface area contributed by atoms with Gasteiger partial charge in [-0.25, -0.2) is 9.59 Å². The van der Waals surface area contributed by atoms with Crippen LogP contribution in [0.5, 0.6) is 5.75 Å². The number of benzene rings is 1. The van der Waals surface area contributed by atoms with Crippen molar-refractivity contribution in [2.75, 3.05) is 13.2 Å². The topological polar surface area (TPSA) is 87.7 Å². The van der Waals surface area contributed by atoms with Gasteiger partial charge in [-0.1, -0.05) is 15.9 Å². The molecule has 0 saturated heterocycles. The number of carbonyl (C=O) groups is 2. The van der Waals surface area contributed by atoms with Gasteiger partial charge >= 0.3 is 12.0 Å². The van der Waals surface area contributed by atoms with E-state index in [4.69, 9.17) is 9.84 Å². The number of ether oxygens (including phenoxy) is 1. The molecule has 110 valence electrons. The smallest absolute Gasteiger partial charge is 0.328 e. The summed E-state index contributed by atoms with van der Waals surface area (Å²) in [6.07, 6.45) is 0. The fourth-order valence-corrected chi connectivity index (χ4v) is 1.51. The highest BCUT2D eigenvalue weighted by Crippen LogP contribution is 2.15. The maximum Gasteiger partial charge on any atom is 0.328 e. The molecule has 1 aromatic carbocycles. The van der Waals surface area contributed by atoms with Gasteiger partial charge in [0.2, 0.25) is 0 Å². The Balaban J connectivity index is 2.26. The molecule has 7 heteroatoms. The summed E-state index contributed by atoms with van der Waals surface area (Å²) in [6.45, 7) is 3.39. The highest BCUT2D eigenvalue weighted by Gasteiger charge is 2.28. The number of rotatable bonds is 6. The number of urea groups is 1. The van der Waals surface area contributed by atoms with Crippen molar-refractivity contribution in [3.05, 3.63) is 28.7 Å². The number of hydrogen-bond acceptors (Lipinski definition) is 3. The van der Waals surface area contributed by atoms with E-state index in [-0.39, 0.29) is 6.54 Å². The number of carbonyl (C=O) groups excluding carboxylic acids is 1. The molecule has 20 heavy (non-hydrogen) atoms. The quantitative estimate of drug-likeness (QED) is 0.688. The lowest BCUT2D eigenvalue weighted by Gasteiger charge is -2.21. The van der Waals surface area contributed by atoms with E-state index >= 15 is 0 Å². The van der Waals surface area contributed by atoms with Gasteiger partial charge in [0.25, 0.3) is 0 Å². The van der Waals surface area contributed by atoms with Crippen molar-refractivity contribution in [3.8, 4) is 5.75 Å². The van der Waals surface area contributed by atoms with E-state index in [0.717, 1.165) is 4.47 Å². The molecular weight excluding hydrogens is 328 g/mol. The second kappa shape index (κ2) is 7.14. The van der Waals surface area contributed by atoms with Crippen LogP contribution in [0.25, 0.3) is 0 Å². The van der Waals surface area contributed by atoms with Crippen LogP contribution in [0.4, 0.5) is 4.79 Å². The third-order valence-electron chi connectivity index (χ3n) is 2.43. The van der Waals surface area contributed by atoms with Crippen LogP contribution < -0.4 is 15.4 Å². The Hall–Kier alpha value is -1.76. The van der Waals surface area contributed by atoms with Crippen molar-refractivity contribution in [1.82, 2.24) is 10.6 Å². The van der Waals surface area contributed by atoms with Gasteiger partial charge in [0.1, 0.15) is 17.9 Å². The third-order valence-corrected chi connectivity index (χ3v) is 2.96. The Bertz CT molecular complexity index is 474. The van der Waals surface area contributed by atoms with Crippen molar-refractivity contribution in [2.24, 2.45) is 0 Å². The Kier molecular flexibility index (Phi) is 5.82. The molecule has 1 rings (SSSR count). The molecular formula is C13H17BrN2O4. The lowest BCUT2D eigenvalue weighted by atomic mass is 10.1. The first-order valence-electron chi connectivity index (χ1n) is 5.99. The van der Waals surface area contributed by atoms with E-state index in [1.807, 2.05) is 12.1 Å². The number of amides is 2. The van der Waals surface area contributed by atoms with E-state index in [9.17, 15) is 9.59 Å². The average molecular weight is 345 g/mol. The molecule has 0 heterocycles. The van der Waals surface area contributed by atoms with E-state index in [2.05, 4.69) is 26.6 Å². The zero-order valence-corrected chi connectivity index (χ0v) is 12.9. The molecule has 0 unspecified atom stereocenters. The number of aliphatic carboxylic acids is 1. The summed E-state index contributed by atoms with van der Waals surface area (Å²) in [4.78, 5) is 22.3. The standard InChI is InChI=1S/C13H17BrN2O4/c1-13(2,11(17)18)16-12(19)15-7-8-20-10-5-3-9(14)4-6-10/h3-6H,7-8H2,1-2H3,(H,17,18)(H2,15,16,19). The maximum absolute atomic E-state index is 11.5. The lowest BCUT2D eigenvalue weighted by molar-refractivity contribution is -0.142. The molecule has 0 radical (unpaired) electrons. The number of carboxylic acid groups (broad SMARTS) is 1. The van der Waals surface area contributed by atoms with Gasteiger partial charge in [-0.05, 0) is 38.1 Å². The van der Waals surface area contributed by atoms with Gasteiger partial charge in [-0.15, -0.1) is 0 Å². The van der Waals surface area contributed by atoms with E-state index in [1.165, 1.54) is 13.8 Å². The zero-order chi connectivity index (χ0) is 15.2. The van der Waals surface area contributed by atoms with Crippen molar-refractivity contribution in [1.29, 1.82) is 0 Å². The minimum Gasteiger partial charge on any atom is -0.492 e. The average Bonchev–Trinajstić information content (AvgIpc) is 2.36. The zero-order valence-electron chi connectivity index (χ0n) is 11.3. The first-order valence-corrected chi connectivity index (χ1v) is 6.78. The van der Waals surface area contributed by atoms with Gasteiger partial charge in [0.05, 0.1) is 6.54 Å². The van der Waals surface area contributed by atoms with Gasteiger partial charge < -0.3 is 20.5 Å². The molecule has 0 aliphatic rings. The van der Waals surface area contributed by atoms with Crippen molar-refractivity contribution < 1.29 is 19.4 Å². The van der Waals surface area contributed by atoms with E-state index in [0.29, 0.717) is 12.4 Å². The van der Waals surface area contributed by atoms with Crippen LogP contribution in [0.1, 0.15) is 13.8 Å². The summed E-state index contributed by atoms with van der Waals surface area (Å²) in [5, 5.41) is 13.7. The minimum absolute atomic E-state index is 0.275. The predicted molar refractivity (Wildman–Crippen MR) is 77.9 cm³/mol. The van der Waals surface area contributed by atoms with E-state index < -0.39 is 17.5 Å². The van der Waals surface area contributed by atoms with Crippen molar-refractivity contribution in [3.63, 3.8) is 0 Å². The fourth-order valence-electron chi connectivity index (χ4n) is 1.25. The Morgan fingerprint density at radius 3 is 2.45 bits per heavy atom. The van der Waals surface area contributed by atoms with Crippen LogP contribution in [0.2, 0.25) is 0 Å². The highest BCUT2D eigenvalue weighted by molar-refractivity contribution is 9.10. The molecule has 0 aliphatic heterocycles. The largest absolute Gasteiger partial charge is 0.492 e. The van der Waals surface area contributed by atoms with Crippen LogP contribution in [-0.2, 0) is 4.79 Å². The van der Waals surface area contributed by atoms with Crippen LogP contribution in [0, 0.1) is 0 Å². The molecule has 0 spiro atoms. The second-order valence-electron chi connectivity index (χ2n) is 4.61. The first-order chi connectivity index (χ1) is 9.31. The van der Waals surface area contributed by atoms with Gasteiger partial charge in [0, 0.05) is 4.47 Å². The van der Waals surface area contributed by atoms with Gasteiger partial charge in [-0.3, -0.25) is 0 Å². The molecule has 0 saturated carbocycles. The summed E-state index contributed by atoms with van der Waals surface area (Å²) in [5.74, 6) is -0.403. The highest BCUT2D eigenvalue weighted by atomic mass is 79.9. The normalized spacial score (nSPS) is 10.8. The lowest BCUT2D eigenvalue weighted by Crippen LogP contribution is -2.53. The molecule has 0 bridgehead atoms. The molecule has 0 aliphatic carbocycles. The van der Waals surface area contributed by atoms with Crippen molar-refractivity contribution in [2.45, 2.75) is 19.4 Å². The Morgan fingerprint density at radius 1 is 1.30 bits per heavy atom. The molecule has 1 aromatic rings. The molecule has 6 nitrogen and oxygen atoms in total. The van der Waals surface area contributed by atoms with Crippen LogP contribution >= 0.6 is 15.9 Å². The van der Waals surface area contributed by atoms with Crippen LogP contribution in [-0.4, -0.2) is 35.8 Å². The fraction of sp³-hybridized carbons (Fsp3) is 0.385. The van der Waals surface area contributed by atoms with Gasteiger partial charge in [-0.2, -0.15) is 0 Å². The molecule has 3 N–H and O–H groups in total. The number of halogens is 1. The summed E-state index contributed by atoms with van der Waals surface area (Å²) in [7, 11) is 0. The number of hydrogen-bond donors (Lipinski definition) is 3. The third kappa shape index (κ3) is 5.48. The predicted octanol–water partition coefficient (Wildman–Crippen LogP) is 1.99. The van der Waals surface area contributed by atoms with Crippen LogP contribution in [0.3, 0.4) is 0 Å². The Labute approximate surface area is 125 Å². The Morgan fingerprint density at radius 2 is 1.90 bits per heavy atom. The van der Waals surface area contributed by atoms with E-state index in [1.54, 1.807) is 12.1 Å². The number of nitrogens with one attached hydrogen (secondary N) is 2. The van der Waals surface area contributed by atoms with Crippen LogP contribution in [0.15, 0.2) is 28.7 Å². The van der Waals surface area contributed by atoms with Crippen molar-refractivity contribution >= 4 is 27.9 Å². The molecule has 0 aromatic heterocycles. The summed E-state index contributed by atoms with van der Waals surface area (Å²) in [5.41, 5.74) is -1.31. The maximum atomic E-state index is 11.5. The second-order valence-corrected chi connectivity index (χ2v) is 5.53. The SMILES string of the molecule is CC(C)(NC(=O)NCCOc1ccc(Br)cc1)C(=O)O. The first kappa shape index (κ1) is 16.3. The molecule has 2 amide bonds. The summed E-state index contributed by atoms with van der Waals surface area (Å²) >= 11 is 3.32. The molecule has 0 fully saturated rings. The minimum atomic E-state index is -1.31.